The summed E-state index contributed by atoms with van der Waals surface area (Å²) in [5.41, 5.74) is 1.33. The smallest absolute Gasteiger partial charge is 0.227 e. The average molecular weight is 217 g/mol. The molecule has 1 unspecified atom stereocenters. The molecule has 1 aliphatic heterocycles. The summed E-state index contributed by atoms with van der Waals surface area (Å²) in [6.45, 7) is 2.80. The maximum Gasteiger partial charge on any atom is 0.227 e. The van der Waals surface area contributed by atoms with Gasteiger partial charge in [0.1, 0.15) is 0 Å². The zero-order valence-corrected chi connectivity index (χ0v) is 9.35. The fourth-order valence-electron chi connectivity index (χ4n) is 2.07. The van der Waals surface area contributed by atoms with Crippen LogP contribution in [0.3, 0.4) is 0 Å². The summed E-state index contributed by atoms with van der Waals surface area (Å²) in [4.78, 5) is 24.5. The van der Waals surface area contributed by atoms with Crippen LogP contribution in [0.1, 0.15) is 30.1 Å². The van der Waals surface area contributed by atoms with Crippen molar-refractivity contribution in [3.63, 3.8) is 0 Å². The van der Waals surface area contributed by atoms with Crippen molar-refractivity contribution in [3.8, 4) is 0 Å². The number of carbonyl (C=O) groups is 2. The molecule has 0 saturated carbocycles. The van der Waals surface area contributed by atoms with E-state index in [0.717, 1.165) is 18.4 Å². The van der Waals surface area contributed by atoms with Crippen LogP contribution in [-0.4, -0.2) is 18.7 Å². The number of aldehydes is 1. The van der Waals surface area contributed by atoms with E-state index in [4.69, 9.17) is 0 Å². The highest BCUT2D eigenvalue weighted by atomic mass is 16.2. The fourth-order valence-corrected chi connectivity index (χ4v) is 2.07. The first-order valence-corrected chi connectivity index (χ1v) is 5.57. The monoisotopic (exact) mass is 217 g/mol. The van der Waals surface area contributed by atoms with Gasteiger partial charge in [-0.25, -0.2) is 0 Å². The zero-order valence-electron chi connectivity index (χ0n) is 9.35. The van der Waals surface area contributed by atoms with Gasteiger partial charge in [-0.05, 0) is 24.5 Å². The molecule has 1 aromatic rings. The van der Waals surface area contributed by atoms with Gasteiger partial charge in [0.25, 0.3) is 0 Å². The van der Waals surface area contributed by atoms with E-state index in [0.29, 0.717) is 24.4 Å². The Morgan fingerprint density at radius 1 is 1.38 bits per heavy atom. The summed E-state index contributed by atoms with van der Waals surface area (Å²) in [5.74, 6) is 0.570. The molecule has 0 radical (unpaired) electrons. The maximum absolute atomic E-state index is 11.9. The second kappa shape index (κ2) is 4.47. The van der Waals surface area contributed by atoms with Crippen LogP contribution in [0.5, 0.6) is 0 Å². The topological polar surface area (TPSA) is 37.4 Å². The van der Waals surface area contributed by atoms with Crippen molar-refractivity contribution in [1.82, 2.24) is 0 Å². The molecular formula is C13H15NO2. The summed E-state index contributed by atoms with van der Waals surface area (Å²) < 4.78 is 0. The van der Waals surface area contributed by atoms with E-state index in [2.05, 4.69) is 6.92 Å². The molecule has 0 N–H and O–H groups in total. The van der Waals surface area contributed by atoms with Crippen molar-refractivity contribution >= 4 is 17.9 Å². The molecule has 1 saturated heterocycles. The van der Waals surface area contributed by atoms with Gasteiger partial charge in [-0.3, -0.25) is 9.59 Å². The van der Waals surface area contributed by atoms with Gasteiger partial charge in [-0.1, -0.05) is 19.1 Å². The van der Waals surface area contributed by atoms with Crippen molar-refractivity contribution in [2.45, 2.75) is 19.8 Å². The van der Waals surface area contributed by atoms with Gasteiger partial charge >= 0.3 is 0 Å². The van der Waals surface area contributed by atoms with Gasteiger partial charge in [0.2, 0.25) is 5.91 Å². The molecule has 0 aliphatic carbocycles. The molecule has 0 bridgehead atoms. The highest BCUT2D eigenvalue weighted by molar-refractivity contribution is 5.98. The minimum Gasteiger partial charge on any atom is -0.312 e. The normalized spacial score (nSPS) is 20.9. The second-order valence-electron chi connectivity index (χ2n) is 4.32. The third-order valence-electron chi connectivity index (χ3n) is 3.02. The van der Waals surface area contributed by atoms with E-state index < -0.39 is 0 Å². The Morgan fingerprint density at radius 3 is 2.81 bits per heavy atom. The maximum atomic E-state index is 11.9. The highest BCUT2D eigenvalue weighted by Crippen LogP contribution is 2.26. The lowest BCUT2D eigenvalue weighted by Gasteiger charge is -2.30. The van der Waals surface area contributed by atoms with E-state index in [1.165, 1.54) is 0 Å². The van der Waals surface area contributed by atoms with E-state index in [1.54, 1.807) is 11.0 Å². The molecule has 1 heterocycles. The van der Waals surface area contributed by atoms with Crippen LogP contribution in [0.2, 0.25) is 0 Å². The Labute approximate surface area is 95.1 Å². The second-order valence-corrected chi connectivity index (χ2v) is 4.32. The molecular weight excluding hydrogens is 202 g/mol. The minimum absolute atomic E-state index is 0.119. The van der Waals surface area contributed by atoms with Crippen LogP contribution in [0, 0.1) is 5.92 Å². The minimum atomic E-state index is 0.119. The van der Waals surface area contributed by atoms with Crippen LogP contribution < -0.4 is 4.90 Å². The van der Waals surface area contributed by atoms with E-state index in [9.17, 15) is 9.59 Å². The molecule has 84 valence electrons. The molecule has 1 amide bonds. The standard InChI is InChI=1S/C13H15NO2/c1-10-6-7-14(13(16)8-10)12-5-3-2-4-11(12)9-15/h2-5,9-10H,6-8H2,1H3. The van der Waals surface area contributed by atoms with E-state index in [1.807, 2.05) is 18.2 Å². The van der Waals surface area contributed by atoms with Crippen LogP contribution in [0.15, 0.2) is 24.3 Å². The molecule has 3 heteroatoms. The third-order valence-corrected chi connectivity index (χ3v) is 3.02. The average Bonchev–Trinajstić information content (AvgIpc) is 2.29. The lowest BCUT2D eigenvalue weighted by atomic mass is 9.97. The molecule has 2 rings (SSSR count). The Kier molecular flexibility index (Phi) is 3.04. The van der Waals surface area contributed by atoms with Crippen LogP contribution >= 0.6 is 0 Å². The summed E-state index contributed by atoms with van der Waals surface area (Å²) in [6, 6.07) is 7.24. The van der Waals surface area contributed by atoms with Gasteiger partial charge in [0.05, 0.1) is 5.69 Å². The number of benzene rings is 1. The number of anilines is 1. The van der Waals surface area contributed by atoms with E-state index >= 15 is 0 Å². The zero-order chi connectivity index (χ0) is 11.5. The van der Waals surface area contributed by atoms with Crippen molar-refractivity contribution in [2.75, 3.05) is 11.4 Å². The Hall–Kier alpha value is -1.64. The number of hydrogen-bond donors (Lipinski definition) is 0. The van der Waals surface area contributed by atoms with Crippen LogP contribution in [0.4, 0.5) is 5.69 Å². The van der Waals surface area contributed by atoms with Crippen molar-refractivity contribution in [1.29, 1.82) is 0 Å². The van der Waals surface area contributed by atoms with Gasteiger partial charge in [0, 0.05) is 18.5 Å². The predicted molar refractivity (Wildman–Crippen MR) is 62.6 cm³/mol. The number of hydrogen-bond acceptors (Lipinski definition) is 2. The number of rotatable bonds is 2. The predicted octanol–water partition coefficient (Wildman–Crippen LogP) is 2.26. The molecule has 0 spiro atoms. The first kappa shape index (κ1) is 10.9. The number of piperidine rings is 1. The summed E-state index contributed by atoms with van der Waals surface area (Å²) in [5, 5.41) is 0. The van der Waals surface area contributed by atoms with Crippen LogP contribution in [0.25, 0.3) is 0 Å². The third kappa shape index (κ3) is 1.98. The molecule has 1 aliphatic rings. The van der Waals surface area contributed by atoms with Gasteiger partial charge in [0.15, 0.2) is 6.29 Å². The first-order valence-electron chi connectivity index (χ1n) is 5.57. The Morgan fingerprint density at radius 2 is 2.12 bits per heavy atom. The number of para-hydroxylation sites is 1. The number of nitrogens with zero attached hydrogens (tertiary/aromatic N) is 1. The molecule has 1 fully saturated rings. The molecule has 16 heavy (non-hydrogen) atoms. The van der Waals surface area contributed by atoms with Gasteiger partial charge in [-0.2, -0.15) is 0 Å². The van der Waals surface area contributed by atoms with Crippen LogP contribution in [-0.2, 0) is 4.79 Å². The van der Waals surface area contributed by atoms with Gasteiger partial charge in [-0.15, -0.1) is 0 Å². The summed E-state index contributed by atoms with van der Waals surface area (Å²) in [6.07, 6.45) is 2.38. The molecule has 3 nitrogen and oxygen atoms in total. The number of amides is 1. The Bertz CT molecular complexity index is 414. The summed E-state index contributed by atoms with van der Waals surface area (Å²) in [7, 11) is 0. The van der Waals surface area contributed by atoms with Gasteiger partial charge < -0.3 is 4.90 Å². The first-order chi connectivity index (χ1) is 7.72. The lowest BCUT2D eigenvalue weighted by molar-refractivity contribution is -0.120. The molecule has 1 atom stereocenters. The molecule has 0 aromatic heterocycles. The highest BCUT2D eigenvalue weighted by Gasteiger charge is 2.25. The number of carbonyl (C=O) groups excluding carboxylic acids is 2. The van der Waals surface area contributed by atoms with Crippen molar-refractivity contribution < 1.29 is 9.59 Å². The lowest BCUT2D eigenvalue weighted by Crippen LogP contribution is -2.38. The summed E-state index contributed by atoms with van der Waals surface area (Å²) >= 11 is 0. The van der Waals surface area contributed by atoms with E-state index in [-0.39, 0.29) is 5.91 Å². The molecule has 1 aromatic carbocycles. The largest absolute Gasteiger partial charge is 0.312 e. The quantitative estimate of drug-likeness (QED) is 0.712. The van der Waals surface area contributed by atoms with Crippen molar-refractivity contribution in [2.24, 2.45) is 5.92 Å². The SMILES string of the molecule is CC1CCN(c2ccccc2C=O)C(=O)C1. The van der Waals surface area contributed by atoms with Crippen molar-refractivity contribution in [3.05, 3.63) is 29.8 Å². The Balaban J connectivity index is 2.30. The fraction of sp³-hybridized carbons (Fsp3) is 0.385.